The first-order chi connectivity index (χ1) is 11.8. The van der Waals surface area contributed by atoms with Crippen molar-refractivity contribution < 1.29 is 9.21 Å². The van der Waals surface area contributed by atoms with Gasteiger partial charge in [0.15, 0.2) is 5.76 Å². The average Bonchev–Trinajstić information content (AvgIpc) is 3.01. The van der Waals surface area contributed by atoms with Crippen LogP contribution in [0.15, 0.2) is 52.9 Å². The lowest BCUT2D eigenvalue weighted by atomic mass is 9.94. The summed E-state index contributed by atoms with van der Waals surface area (Å²) in [7, 11) is 0. The minimum Gasteiger partial charge on any atom is -0.460 e. The van der Waals surface area contributed by atoms with Crippen LogP contribution in [0.2, 0.25) is 0 Å². The molecule has 0 aliphatic rings. The third-order valence-corrected chi connectivity index (χ3v) is 3.89. The molecule has 0 saturated heterocycles. The van der Waals surface area contributed by atoms with Crippen LogP contribution in [0.1, 0.15) is 35.7 Å². The van der Waals surface area contributed by atoms with E-state index in [0.29, 0.717) is 11.5 Å². The molecule has 1 aromatic carbocycles. The molecular weight excluding hydrogens is 316 g/mol. The van der Waals surface area contributed by atoms with Crippen molar-refractivity contribution in [2.45, 2.75) is 26.3 Å². The van der Waals surface area contributed by atoms with Gasteiger partial charge in [0.25, 0.3) is 5.91 Å². The zero-order chi connectivity index (χ0) is 18.0. The minimum absolute atomic E-state index is 0.0224. The molecule has 3 aromatic rings. The van der Waals surface area contributed by atoms with Crippen LogP contribution in [0.3, 0.4) is 0 Å². The van der Waals surface area contributed by atoms with Crippen LogP contribution in [0.25, 0.3) is 11.5 Å². The summed E-state index contributed by atoms with van der Waals surface area (Å²) in [6.07, 6.45) is 0. The Labute approximate surface area is 146 Å². The maximum atomic E-state index is 12.7. The molecule has 0 aliphatic carbocycles. The number of hydrogen-bond acceptors (Lipinski definition) is 5. The molecule has 25 heavy (non-hydrogen) atoms. The Bertz CT molecular complexity index is 901. The number of nitrogens with zero attached hydrogens (tertiary/aromatic N) is 2. The van der Waals surface area contributed by atoms with Gasteiger partial charge in [-0.05, 0) is 44.5 Å². The zero-order valence-corrected chi connectivity index (χ0v) is 14.4. The van der Waals surface area contributed by atoms with Crippen LogP contribution in [0.5, 0.6) is 0 Å². The van der Waals surface area contributed by atoms with Crippen LogP contribution < -0.4 is 11.1 Å². The van der Waals surface area contributed by atoms with E-state index in [-0.39, 0.29) is 17.5 Å². The Balaban J connectivity index is 1.89. The van der Waals surface area contributed by atoms with Crippen LogP contribution in [0, 0.1) is 6.92 Å². The van der Waals surface area contributed by atoms with Gasteiger partial charge in [-0.3, -0.25) is 4.79 Å². The highest BCUT2D eigenvalue weighted by atomic mass is 16.3. The summed E-state index contributed by atoms with van der Waals surface area (Å²) in [6, 6.07) is 14.9. The minimum atomic E-state index is -0.556. The summed E-state index contributed by atoms with van der Waals surface area (Å²) in [5.41, 5.74) is 6.88. The number of rotatable bonds is 4. The van der Waals surface area contributed by atoms with Gasteiger partial charge in [0.05, 0.1) is 5.54 Å². The number of nitrogen functional groups attached to an aromatic ring is 1. The van der Waals surface area contributed by atoms with E-state index in [1.54, 1.807) is 12.1 Å². The number of aromatic nitrogens is 2. The maximum Gasteiger partial charge on any atom is 0.270 e. The number of hydrogen-bond donors (Lipinski definition) is 2. The van der Waals surface area contributed by atoms with Gasteiger partial charge in [-0.1, -0.05) is 30.3 Å². The summed E-state index contributed by atoms with van der Waals surface area (Å²) in [6.45, 7) is 5.70. The molecule has 0 atom stereocenters. The molecule has 0 bridgehead atoms. The van der Waals surface area contributed by atoms with E-state index in [2.05, 4.69) is 15.3 Å². The van der Waals surface area contributed by atoms with E-state index >= 15 is 0 Å². The molecule has 0 spiro atoms. The maximum absolute atomic E-state index is 12.7. The van der Waals surface area contributed by atoms with Crippen molar-refractivity contribution in [2.75, 3.05) is 5.73 Å². The highest BCUT2D eigenvalue weighted by Gasteiger charge is 2.24. The molecule has 3 rings (SSSR count). The van der Waals surface area contributed by atoms with Gasteiger partial charge in [0.2, 0.25) is 5.95 Å². The molecular formula is C19H20N4O2. The van der Waals surface area contributed by atoms with Gasteiger partial charge < -0.3 is 15.5 Å². The predicted molar refractivity (Wildman–Crippen MR) is 95.8 cm³/mol. The number of benzene rings is 1. The van der Waals surface area contributed by atoms with Gasteiger partial charge in [-0.25, -0.2) is 9.97 Å². The summed E-state index contributed by atoms with van der Waals surface area (Å²) in [5, 5.41) is 2.98. The topological polar surface area (TPSA) is 94.0 Å². The number of nitrogens with two attached hydrogens (primary N) is 1. The van der Waals surface area contributed by atoms with Crippen molar-refractivity contribution in [3.05, 3.63) is 65.5 Å². The third-order valence-electron chi connectivity index (χ3n) is 3.89. The molecule has 1 amide bonds. The van der Waals surface area contributed by atoms with E-state index in [0.717, 1.165) is 11.3 Å². The van der Waals surface area contributed by atoms with Gasteiger partial charge in [-0.2, -0.15) is 0 Å². The van der Waals surface area contributed by atoms with E-state index in [1.165, 1.54) is 0 Å². The van der Waals surface area contributed by atoms with E-state index in [1.807, 2.05) is 57.2 Å². The number of nitrogens with one attached hydrogen (secondary N) is 1. The Morgan fingerprint density at radius 3 is 2.48 bits per heavy atom. The largest absolute Gasteiger partial charge is 0.460 e. The first kappa shape index (κ1) is 16.7. The predicted octanol–water partition coefficient (Wildman–Crippen LogP) is 3.29. The fourth-order valence-corrected chi connectivity index (χ4v) is 2.56. The van der Waals surface area contributed by atoms with Crippen LogP contribution in [0.4, 0.5) is 5.95 Å². The van der Waals surface area contributed by atoms with E-state index in [4.69, 9.17) is 10.2 Å². The summed E-state index contributed by atoms with van der Waals surface area (Å²) in [5.74, 6) is 0.994. The van der Waals surface area contributed by atoms with Crippen molar-refractivity contribution >= 4 is 11.9 Å². The first-order valence-corrected chi connectivity index (χ1v) is 7.94. The van der Waals surface area contributed by atoms with Crippen molar-refractivity contribution in [2.24, 2.45) is 0 Å². The lowest BCUT2D eigenvalue weighted by Gasteiger charge is -2.26. The van der Waals surface area contributed by atoms with Gasteiger partial charge in [-0.15, -0.1) is 0 Å². The highest BCUT2D eigenvalue weighted by molar-refractivity contribution is 5.94. The SMILES string of the molecule is Cc1ccc(-c2cc(C(=O)NC(C)(C)c3ccccc3)nc(N)n2)o1. The molecule has 2 aromatic heterocycles. The van der Waals surface area contributed by atoms with Crippen molar-refractivity contribution in [3.8, 4) is 11.5 Å². The standard InChI is InChI=1S/C19H20N4O2/c1-12-9-10-16(25-12)14-11-15(22-18(20)21-14)17(24)23-19(2,3)13-7-5-4-6-8-13/h4-11H,1-3H3,(H,23,24)(H2,20,21,22). The molecule has 6 heteroatoms. The highest BCUT2D eigenvalue weighted by Crippen LogP contribution is 2.23. The van der Waals surface area contributed by atoms with Gasteiger partial charge in [0.1, 0.15) is 17.1 Å². The fraction of sp³-hybridized carbons (Fsp3) is 0.211. The molecule has 128 valence electrons. The van der Waals surface area contributed by atoms with Crippen molar-refractivity contribution in [3.63, 3.8) is 0 Å². The smallest absolute Gasteiger partial charge is 0.270 e. The number of furan rings is 1. The lowest BCUT2D eigenvalue weighted by Crippen LogP contribution is -2.41. The normalized spacial score (nSPS) is 11.3. The Kier molecular flexibility index (Phi) is 4.27. The lowest BCUT2D eigenvalue weighted by molar-refractivity contribution is 0.0907. The molecule has 0 radical (unpaired) electrons. The van der Waals surface area contributed by atoms with Crippen LogP contribution >= 0.6 is 0 Å². The number of anilines is 1. The first-order valence-electron chi connectivity index (χ1n) is 7.94. The van der Waals surface area contributed by atoms with Crippen LogP contribution in [-0.2, 0) is 5.54 Å². The molecule has 6 nitrogen and oxygen atoms in total. The third kappa shape index (κ3) is 3.68. The van der Waals surface area contributed by atoms with E-state index in [9.17, 15) is 4.79 Å². The second kappa shape index (κ2) is 6.39. The Morgan fingerprint density at radius 2 is 1.84 bits per heavy atom. The van der Waals surface area contributed by atoms with E-state index < -0.39 is 5.54 Å². The molecule has 0 unspecified atom stereocenters. The summed E-state index contributed by atoms with van der Waals surface area (Å²) >= 11 is 0. The number of aryl methyl sites for hydroxylation is 1. The second-order valence-electron chi connectivity index (χ2n) is 6.35. The second-order valence-corrected chi connectivity index (χ2v) is 6.35. The monoisotopic (exact) mass is 336 g/mol. The average molecular weight is 336 g/mol. The van der Waals surface area contributed by atoms with Crippen molar-refractivity contribution in [1.82, 2.24) is 15.3 Å². The zero-order valence-electron chi connectivity index (χ0n) is 14.4. The van der Waals surface area contributed by atoms with Gasteiger partial charge >= 0.3 is 0 Å². The fourth-order valence-electron chi connectivity index (χ4n) is 2.56. The Morgan fingerprint density at radius 1 is 1.12 bits per heavy atom. The molecule has 3 N–H and O–H groups in total. The summed E-state index contributed by atoms with van der Waals surface area (Å²) in [4.78, 5) is 20.9. The molecule has 0 aliphatic heterocycles. The quantitative estimate of drug-likeness (QED) is 0.762. The molecule has 0 saturated carbocycles. The Hall–Kier alpha value is -3.15. The summed E-state index contributed by atoms with van der Waals surface area (Å²) < 4.78 is 5.55. The number of carbonyl (C=O) groups excluding carboxylic acids is 1. The van der Waals surface area contributed by atoms with Gasteiger partial charge in [0, 0.05) is 0 Å². The van der Waals surface area contributed by atoms with Crippen LogP contribution in [-0.4, -0.2) is 15.9 Å². The number of amides is 1. The van der Waals surface area contributed by atoms with Crippen molar-refractivity contribution in [1.29, 1.82) is 0 Å². The number of carbonyl (C=O) groups is 1. The molecule has 2 heterocycles. The molecule has 0 fully saturated rings.